The molecule has 2 heterocycles. The third-order valence-corrected chi connectivity index (χ3v) is 3.03. The van der Waals surface area contributed by atoms with Gasteiger partial charge in [-0.05, 0) is 13.3 Å². The lowest BCUT2D eigenvalue weighted by Crippen LogP contribution is -2.28. The van der Waals surface area contributed by atoms with E-state index >= 15 is 0 Å². The maximum absolute atomic E-state index is 11.7. The fourth-order valence-corrected chi connectivity index (χ4v) is 2.19. The number of anilines is 1. The molecule has 0 bridgehead atoms. The molecule has 0 spiro atoms. The number of hydrogen-bond donors (Lipinski definition) is 0. The number of carbonyl (C=O) groups excluding carboxylic acids is 2. The first-order chi connectivity index (χ1) is 8.13. The highest BCUT2D eigenvalue weighted by Crippen LogP contribution is 2.24. The summed E-state index contributed by atoms with van der Waals surface area (Å²) in [4.78, 5) is 24.5. The number of carbonyl (C=O) groups is 2. The molecule has 1 aromatic heterocycles. The summed E-state index contributed by atoms with van der Waals surface area (Å²) in [5.41, 5.74) is 0. The van der Waals surface area contributed by atoms with Crippen molar-refractivity contribution in [2.75, 3.05) is 11.4 Å². The molecular formula is C12H17N3O2. The highest BCUT2D eigenvalue weighted by atomic mass is 16.2. The Morgan fingerprint density at radius 3 is 2.82 bits per heavy atom. The molecular weight excluding hydrogens is 218 g/mol. The molecule has 1 atom stereocenters. The van der Waals surface area contributed by atoms with Crippen LogP contribution in [0.1, 0.15) is 39.2 Å². The van der Waals surface area contributed by atoms with Crippen LogP contribution in [0.5, 0.6) is 0 Å². The minimum atomic E-state index is -0.125. The van der Waals surface area contributed by atoms with Gasteiger partial charge in [0, 0.05) is 6.07 Å². The van der Waals surface area contributed by atoms with Gasteiger partial charge in [0.15, 0.2) is 5.78 Å². The number of rotatable bonds is 4. The molecule has 5 heteroatoms. The second kappa shape index (κ2) is 4.69. The van der Waals surface area contributed by atoms with Gasteiger partial charge in [-0.3, -0.25) is 14.5 Å². The van der Waals surface area contributed by atoms with Gasteiger partial charge in [0.1, 0.15) is 5.82 Å². The number of aromatic nitrogens is 2. The zero-order chi connectivity index (χ0) is 12.4. The summed E-state index contributed by atoms with van der Waals surface area (Å²) in [5.74, 6) is 0.591. The predicted octanol–water partition coefficient (Wildman–Crippen LogP) is 1.55. The number of ketones is 1. The lowest BCUT2D eigenvalue weighted by molar-refractivity contribution is -0.121. The van der Waals surface area contributed by atoms with Crippen molar-refractivity contribution in [1.82, 2.24) is 9.78 Å². The molecule has 1 fully saturated rings. The Balaban J connectivity index is 2.24. The van der Waals surface area contributed by atoms with Crippen LogP contribution in [0.25, 0.3) is 0 Å². The summed E-state index contributed by atoms with van der Waals surface area (Å²) in [6.45, 7) is 4.37. The lowest BCUT2D eigenvalue weighted by Gasteiger charge is -2.20. The highest BCUT2D eigenvalue weighted by molar-refractivity contribution is 6.14. The van der Waals surface area contributed by atoms with Crippen molar-refractivity contribution in [2.24, 2.45) is 0 Å². The van der Waals surface area contributed by atoms with Crippen LogP contribution >= 0.6 is 0 Å². The molecule has 1 amide bonds. The molecule has 0 aromatic carbocycles. The van der Waals surface area contributed by atoms with Crippen molar-refractivity contribution in [3.05, 3.63) is 12.3 Å². The summed E-state index contributed by atoms with van der Waals surface area (Å²) < 4.78 is 1.83. The Morgan fingerprint density at radius 2 is 2.24 bits per heavy atom. The third-order valence-electron chi connectivity index (χ3n) is 3.03. The van der Waals surface area contributed by atoms with Gasteiger partial charge in [-0.2, -0.15) is 5.10 Å². The van der Waals surface area contributed by atoms with Crippen LogP contribution < -0.4 is 4.90 Å². The zero-order valence-corrected chi connectivity index (χ0v) is 10.2. The number of hydrogen-bond acceptors (Lipinski definition) is 3. The molecule has 0 radical (unpaired) electrons. The van der Waals surface area contributed by atoms with Gasteiger partial charge in [-0.25, -0.2) is 4.68 Å². The highest BCUT2D eigenvalue weighted by Gasteiger charge is 2.31. The normalized spacial score (nSPS) is 17.9. The van der Waals surface area contributed by atoms with Gasteiger partial charge in [0.25, 0.3) is 0 Å². The summed E-state index contributed by atoms with van der Waals surface area (Å²) in [6.07, 6.45) is 3.77. The van der Waals surface area contributed by atoms with E-state index in [-0.39, 0.29) is 30.7 Å². The predicted molar refractivity (Wildman–Crippen MR) is 63.8 cm³/mol. The Hall–Kier alpha value is -1.65. The van der Waals surface area contributed by atoms with Crippen molar-refractivity contribution < 1.29 is 9.59 Å². The van der Waals surface area contributed by atoms with Crippen molar-refractivity contribution in [1.29, 1.82) is 0 Å². The average Bonchev–Trinajstić information content (AvgIpc) is 2.84. The Labute approximate surface area is 100 Å². The molecule has 0 saturated carbocycles. The largest absolute Gasteiger partial charge is 0.297 e. The SMILES string of the molecule is CCCC(C)n1nccc1N1CC(=O)CC1=O. The van der Waals surface area contributed by atoms with Crippen LogP contribution in [-0.4, -0.2) is 28.0 Å². The maximum atomic E-state index is 11.7. The maximum Gasteiger partial charge on any atom is 0.236 e. The standard InChI is InChI=1S/C12H17N3O2/c1-3-4-9(2)15-11(5-6-13-15)14-8-10(16)7-12(14)17/h5-6,9H,3-4,7-8H2,1-2H3. The van der Waals surface area contributed by atoms with Crippen LogP contribution in [0.4, 0.5) is 5.82 Å². The van der Waals surface area contributed by atoms with Crippen LogP contribution in [-0.2, 0) is 9.59 Å². The van der Waals surface area contributed by atoms with Crippen molar-refractivity contribution in [2.45, 2.75) is 39.2 Å². The van der Waals surface area contributed by atoms with Crippen LogP contribution in [0.2, 0.25) is 0 Å². The monoisotopic (exact) mass is 235 g/mol. The number of Topliss-reactive ketones (excluding diaryl/α,β-unsaturated/α-hetero) is 1. The first kappa shape index (κ1) is 11.8. The van der Waals surface area contributed by atoms with E-state index in [1.807, 2.05) is 4.68 Å². The van der Waals surface area contributed by atoms with E-state index in [1.54, 1.807) is 12.3 Å². The Bertz CT molecular complexity index is 439. The van der Waals surface area contributed by atoms with E-state index in [1.165, 1.54) is 4.90 Å². The van der Waals surface area contributed by atoms with E-state index in [2.05, 4.69) is 18.9 Å². The van der Waals surface area contributed by atoms with Crippen LogP contribution in [0, 0.1) is 0 Å². The molecule has 1 saturated heterocycles. The van der Waals surface area contributed by atoms with Crippen molar-refractivity contribution in [3.63, 3.8) is 0 Å². The molecule has 1 aromatic rings. The molecule has 0 N–H and O–H groups in total. The molecule has 5 nitrogen and oxygen atoms in total. The molecule has 1 aliphatic rings. The molecule has 2 rings (SSSR count). The van der Waals surface area contributed by atoms with Gasteiger partial charge in [-0.1, -0.05) is 13.3 Å². The van der Waals surface area contributed by atoms with E-state index < -0.39 is 0 Å². The quantitative estimate of drug-likeness (QED) is 0.744. The van der Waals surface area contributed by atoms with Gasteiger partial charge >= 0.3 is 0 Å². The Morgan fingerprint density at radius 1 is 1.47 bits per heavy atom. The fraction of sp³-hybridized carbons (Fsp3) is 0.583. The van der Waals surface area contributed by atoms with Gasteiger partial charge in [-0.15, -0.1) is 0 Å². The fourth-order valence-electron chi connectivity index (χ4n) is 2.19. The zero-order valence-electron chi connectivity index (χ0n) is 10.2. The lowest BCUT2D eigenvalue weighted by atomic mass is 10.2. The van der Waals surface area contributed by atoms with E-state index in [9.17, 15) is 9.59 Å². The van der Waals surface area contributed by atoms with Crippen molar-refractivity contribution in [3.8, 4) is 0 Å². The smallest absolute Gasteiger partial charge is 0.236 e. The molecule has 17 heavy (non-hydrogen) atoms. The van der Waals surface area contributed by atoms with Crippen LogP contribution in [0.3, 0.4) is 0 Å². The van der Waals surface area contributed by atoms with Crippen LogP contribution in [0.15, 0.2) is 12.3 Å². The Kier molecular flexibility index (Phi) is 3.26. The van der Waals surface area contributed by atoms with Gasteiger partial charge in [0.2, 0.25) is 5.91 Å². The third kappa shape index (κ3) is 2.23. The van der Waals surface area contributed by atoms with Gasteiger partial charge in [0.05, 0.1) is 25.2 Å². The second-order valence-corrected chi connectivity index (χ2v) is 4.47. The minimum Gasteiger partial charge on any atom is -0.297 e. The van der Waals surface area contributed by atoms with E-state index in [0.717, 1.165) is 18.7 Å². The van der Waals surface area contributed by atoms with E-state index in [4.69, 9.17) is 0 Å². The summed E-state index contributed by atoms with van der Waals surface area (Å²) in [6, 6.07) is 2.04. The summed E-state index contributed by atoms with van der Waals surface area (Å²) in [5, 5.41) is 4.25. The summed E-state index contributed by atoms with van der Waals surface area (Å²) in [7, 11) is 0. The van der Waals surface area contributed by atoms with E-state index in [0.29, 0.717) is 0 Å². The minimum absolute atomic E-state index is 0.0212. The molecule has 1 aliphatic heterocycles. The molecule has 92 valence electrons. The number of amides is 1. The second-order valence-electron chi connectivity index (χ2n) is 4.47. The molecule has 1 unspecified atom stereocenters. The average molecular weight is 235 g/mol. The topological polar surface area (TPSA) is 55.2 Å². The van der Waals surface area contributed by atoms with Crippen molar-refractivity contribution >= 4 is 17.5 Å². The first-order valence-corrected chi connectivity index (χ1v) is 5.99. The van der Waals surface area contributed by atoms with Gasteiger partial charge < -0.3 is 0 Å². The molecule has 0 aliphatic carbocycles. The summed E-state index contributed by atoms with van der Waals surface area (Å²) >= 11 is 0. The number of nitrogens with zero attached hydrogens (tertiary/aromatic N) is 3. The first-order valence-electron chi connectivity index (χ1n) is 5.99.